The van der Waals surface area contributed by atoms with Gasteiger partial charge >= 0.3 is 0 Å². The first kappa shape index (κ1) is 14.5. The molecule has 0 atom stereocenters. The number of imidazole rings is 1. The number of nitrogens with zero attached hydrogens (tertiary/aromatic N) is 3. The van der Waals surface area contributed by atoms with Gasteiger partial charge < -0.3 is 15.4 Å². The molecule has 3 heterocycles. The van der Waals surface area contributed by atoms with Crippen LogP contribution >= 0.6 is 11.3 Å². The van der Waals surface area contributed by atoms with Crippen molar-refractivity contribution in [3.63, 3.8) is 0 Å². The van der Waals surface area contributed by atoms with Crippen LogP contribution in [0.1, 0.15) is 18.5 Å². The zero-order valence-corrected chi connectivity index (χ0v) is 13.8. The minimum atomic E-state index is 0.512. The number of aromatic nitrogens is 3. The van der Waals surface area contributed by atoms with Crippen LogP contribution in [0, 0.1) is 6.92 Å². The van der Waals surface area contributed by atoms with E-state index in [2.05, 4.69) is 45.0 Å². The van der Waals surface area contributed by atoms with Crippen LogP contribution < -0.4 is 10.6 Å². The number of benzene rings is 1. The van der Waals surface area contributed by atoms with E-state index in [9.17, 15) is 0 Å². The van der Waals surface area contributed by atoms with E-state index >= 15 is 0 Å². The van der Waals surface area contributed by atoms with E-state index < -0.39 is 0 Å². The molecule has 0 spiro atoms. The molecule has 1 aliphatic rings. The van der Waals surface area contributed by atoms with Gasteiger partial charge in [-0.2, -0.15) is 0 Å². The van der Waals surface area contributed by atoms with Crippen molar-refractivity contribution in [1.82, 2.24) is 14.6 Å². The summed E-state index contributed by atoms with van der Waals surface area (Å²) in [6.07, 6.45) is 4.06. The summed E-state index contributed by atoms with van der Waals surface area (Å²) in [7, 11) is 0. The van der Waals surface area contributed by atoms with Gasteiger partial charge in [-0.15, -0.1) is 5.10 Å². The molecule has 0 bridgehead atoms. The Hall–Kier alpha value is -2.12. The van der Waals surface area contributed by atoms with E-state index in [4.69, 9.17) is 4.74 Å². The molecule has 1 saturated heterocycles. The molecule has 0 amide bonds. The van der Waals surface area contributed by atoms with Crippen LogP contribution in [0.5, 0.6) is 0 Å². The summed E-state index contributed by atoms with van der Waals surface area (Å²) in [6.45, 7) is 3.67. The van der Waals surface area contributed by atoms with E-state index in [1.54, 1.807) is 11.3 Å². The third kappa shape index (κ3) is 3.30. The van der Waals surface area contributed by atoms with Crippen molar-refractivity contribution in [2.45, 2.75) is 25.8 Å². The zero-order chi connectivity index (χ0) is 15.6. The first-order valence-corrected chi connectivity index (χ1v) is 8.62. The summed E-state index contributed by atoms with van der Waals surface area (Å²) in [5, 5.41) is 12.2. The second kappa shape index (κ2) is 6.17. The highest BCUT2D eigenvalue weighted by atomic mass is 32.1. The topological polar surface area (TPSA) is 63.5 Å². The van der Waals surface area contributed by atoms with Crippen LogP contribution in [0.4, 0.5) is 16.5 Å². The SMILES string of the molecule is Cc1cn2nc(Nc3ccc(NC4CCOCC4)cc3)sc2n1. The number of hydrogen-bond donors (Lipinski definition) is 2. The van der Waals surface area contributed by atoms with Gasteiger partial charge in [0.1, 0.15) is 0 Å². The molecule has 1 fully saturated rings. The number of aryl methyl sites for hydroxylation is 1. The molecule has 0 unspecified atom stereocenters. The van der Waals surface area contributed by atoms with Crippen LogP contribution in [0.15, 0.2) is 30.5 Å². The molecular formula is C16H19N5OS. The fourth-order valence-corrected chi connectivity index (χ4v) is 3.56. The van der Waals surface area contributed by atoms with E-state index in [0.717, 1.165) is 53.2 Å². The van der Waals surface area contributed by atoms with E-state index in [1.807, 2.05) is 17.6 Å². The smallest absolute Gasteiger partial charge is 0.214 e. The monoisotopic (exact) mass is 329 g/mol. The van der Waals surface area contributed by atoms with Gasteiger partial charge in [-0.1, -0.05) is 11.3 Å². The predicted octanol–water partition coefficient (Wildman–Crippen LogP) is 3.43. The second-order valence-electron chi connectivity index (χ2n) is 5.75. The van der Waals surface area contributed by atoms with Crippen molar-refractivity contribution in [2.24, 2.45) is 0 Å². The van der Waals surface area contributed by atoms with Crippen LogP contribution in [0.2, 0.25) is 0 Å². The Balaban J connectivity index is 1.41. The van der Waals surface area contributed by atoms with Gasteiger partial charge in [0.2, 0.25) is 10.1 Å². The summed E-state index contributed by atoms with van der Waals surface area (Å²) in [5.41, 5.74) is 3.15. The molecule has 7 heteroatoms. The number of nitrogens with one attached hydrogen (secondary N) is 2. The summed E-state index contributed by atoms with van der Waals surface area (Å²) in [6, 6.07) is 8.84. The number of ether oxygens (including phenoxy) is 1. The average molecular weight is 329 g/mol. The third-order valence-corrected chi connectivity index (χ3v) is 4.73. The Bertz CT molecular complexity index is 757. The van der Waals surface area contributed by atoms with E-state index in [-0.39, 0.29) is 0 Å². The van der Waals surface area contributed by atoms with Crippen molar-refractivity contribution in [3.8, 4) is 0 Å². The number of anilines is 3. The Morgan fingerprint density at radius 1 is 1.17 bits per heavy atom. The Kier molecular flexibility index (Phi) is 3.88. The molecule has 2 aromatic heterocycles. The first-order valence-electron chi connectivity index (χ1n) is 7.80. The Labute approximate surface area is 138 Å². The summed E-state index contributed by atoms with van der Waals surface area (Å²) in [5.74, 6) is 0. The fraction of sp³-hybridized carbons (Fsp3) is 0.375. The van der Waals surface area contributed by atoms with Gasteiger partial charge in [0.15, 0.2) is 0 Å². The number of hydrogen-bond acceptors (Lipinski definition) is 6. The van der Waals surface area contributed by atoms with Gasteiger partial charge in [-0.05, 0) is 44.0 Å². The van der Waals surface area contributed by atoms with E-state index in [0.29, 0.717) is 6.04 Å². The normalized spacial score (nSPS) is 15.9. The highest BCUT2D eigenvalue weighted by Crippen LogP contribution is 2.24. The molecule has 0 saturated carbocycles. The minimum absolute atomic E-state index is 0.512. The van der Waals surface area contributed by atoms with Crippen molar-refractivity contribution in [1.29, 1.82) is 0 Å². The van der Waals surface area contributed by atoms with Gasteiger partial charge in [0, 0.05) is 30.6 Å². The molecule has 3 aromatic rings. The maximum atomic E-state index is 5.39. The van der Waals surface area contributed by atoms with E-state index in [1.165, 1.54) is 0 Å². The standard InChI is InChI=1S/C16H19N5OS/c1-11-10-21-16(17-11)23-15(20-21)19-13-4-2-12(3-5-13)18-14-6-8-22-9-7-14/h2-5,10,14,18H,6-9H2,1H3,(H,19,20). The summed E-state index contributed by atoms with van der Waals surface area (Å²) in [4.78, 5) is 5.32. The van der Waals surface area contributed by atoms with Gasteiger partial charge in [-0.25, -0.2) is 9.50 Å². The summed E-state index contributed by atoms with van der Waals surface area (Å²) >= 11 is 1.55. The lowest BCUT2D eigenvalue weighted by molar-refractivity contribution is 0.0904. The van der Waals surface area contributed by atoms with Gasteiger partial charge in [0.05, 0.1) is 11.9 Å². The lowest BCUT2D eigenvalue weighted by Crippen LogP contribution is -2.27. The zero-order valence-electron chi connectivity index (χ0n) is 13.0. The van der Waals surface area contributed by atoms with Crippen molar-refractivity contribution in [3.05, 3.63) is 36.2 Å². The lowest BCUT2D eigenvalue weighted by Gasteiger charge is -2.24. The van der Waals surface area contributed by atoms with Crippen LogP contribution in [0.25, 0.3) is 4.96 Å². The lowest BCUT2D eigenvalue weighted by atomic mass is 10.1. The molecule has 2 N–H and O–H groups in total. The quantitative estimate of drug-likeness (QED) is 0.768. The Morgan fingerprint density at radius 3 is 2.65 bits per heavy atom. The molecule has 1 aromatic carbocycles. The fourth-order valence-electron chi connectivity index (χ4n) is 2.71. The first-order chi connectivity index (χ1) is 11.3. The van der Waals surface area contributed by atoms with Crippen LogP contribution in [0.3, 0.4) is 0 Å². The molecule has 0 aliphatic carbocycles. The molecule has 23 heavy (non-hydrogen) atoms. The molecule has 6 nitrogen and oxygen atoms in total. The number of fused-ring (bicyclic) bond motifs is 1. The highest BCUT2D eigenvalue weighted by molar-refractivity contribution is 7.20. The van der Waals surface area contributed by atoms with Gasteiger partial charge in [-0.3, -0.25) is 0 Å². The van der Waals surface area contributed by atoms with Crippen molar-refractivity contribution in [2.75, 3.05) is 23.8 Å². The van der Waals surface area contributed by atoms with Crippen molar-refractivity contribution >= 4 is 32.8 Å². The average Bonchev–Trinajstić information content (AvgIpc) is 3.07. The van der Waals surface area contributed by atoms with Crippen molar-refractivity contribution < 1.29 is 4.74 Å². The Morgan fingerprint density at radius 2 is 1.91 bits per heavy atom. The minimum Gasteiger partial charge on any atom is -0.382 e. The largest absolute Gasteiger partial charge is 0.382 e. The number of rotatable bonds is 4. The summed E-state index contributed by atoms with van der Waals surface area (Å²) < 4.78 is 7.19. The highest BCUT2D eigenvalue weighted by Gasteiger charge is 2.13. The third-order valence-electron chi connectivity index (χ3n) is 3.89. The molecule has 4 rings (SSSR count). The van der Waals surface area contributed by atoms with Gasteiger partial charge in [0.25, 0.3) is 0 Å². The molecule has 0 radical (unpaired) electrons. The van der Waals surface area contributed by atoms with Crippen LogP contribution in [-0.4, -0.2) is 33.9 Å². The molecular weight excluding hydrogens is 310 g/mol. The second-order valence-corrected chi connectivity index (χ2v) is 6.71. The maximum Gasteiger partial charge on any atom is 0.214 e. The predicted molar refractivity (Wildman–Crippen MR) is 92.8 cm³/mol. The van der Waals surface area contributed by atoms with Crippen LogP contribution in [-0.2, 0) is 4.74 Å². The molecule has 1 aliphatic heterocycles. The maximum absolute atomic E-state index is 5.39. The molecule has 120 valence electrons.